The Bertz CT molecular complexity index is 185. The first kappa shape index (κ1) is 11.2. The molecule has 0 unspecified atom stereocenters. The Morgan fingerprint density at radius 1 is 1.17 bits per heavy atom. The van der Waals surface area contributed by atoms with Crippen LogP contribution in [0.4, 0.5) is 0 Å². The maximum Gasteiger partial charge on any atom is 0.0175 e. The van der Waals surface area contributed by atoms with Crippen LogP contribution < -0.4 is 0 Å². The van der Waals surface area contributed by atoms with Crippen LogP contribution in [-0.4, -0.2) is 6.21 Å². The van der Waals surface area contributed by atoms with E-state index in [0.29, 0.717) is 5.92 Å². The Labute approximate surface area is 75.7 Å². The van der Waals surface area contributed by atoms with Crippen LogP contribution in [0.15, 0.2) is 24.3 Å². The van der Waals surface area contributed by atoms with Crippen LogP contribution in [0.5, 0.6) is 0 Å². The summed E-state index contributed by atoms with van der Waals surface area (Å²) in [5, 5.41) is 7.13. The van der Waals surface area contributed by atoms with Crippen LogP contribution in [0.25, 0.3) is 0 Å². The van der Waals surface area contributed by atoms with Crippen LogP contribution in [0.2, 0.25) is 0 Å². The molecular formula is C11H19N. The van der Waals surface area contributed by atoms with Crippen LogP contribution in [0.1, 0.15) is 27.7 Å². The molecule has 0 heterocycles. The minimum Gasteiger partial charge on any atom is -0.312 e. The zero-order valence-electron chi connectivity index (χ0n) is 8.46. The highest BCUT2D eigenvalue weighted by molar-refractivity contribution is 5.64. The summed E-state index contributed by atoms with van der Waals surface area (Å²) in [7, 11) is 0. The molecule has 0 radical (unpaired) electrons. The number of nitrogens with one attached hydrogen (secondary N) is 1. The topological polar surface area (TPSA) is 23.9 Å². The molecule has 0 aromatic heterocycles. The van der Waals surface area contributed by atoms with Crippen molar-refractivity contribution in [1.29, 1.82) is 5.41 Å². The van der Waals surface area contributed by atoms with Gasteiger partial charge in [-0.3, -0.25) is 0 Å². The van der Waals surface area contributed by atoms with Crippen LogP contribution in [0, 0.1) is 16.7 Å². The summed E-state index contributed by atoms with van der Waals surface area (Å²) < 4.78 is 0. The van der Waals surface area contributed by atoms with Crippen LogP contribution in [-0.2, 0) is 0 Å². The third-order valence-electron chi connectivity index (χ3n) is 1.50. The summed E-state index contributed by atoms with van der Waals surface area (Å²) in [6.45, 7) is 8.32. The molecule has 0 aliphatic heterocycles. The smallest absolute Gasteiger partial charge is 0.0175 e. The van der Waals surface area contributed by atoms with Crippen molar-refractivity contribution in [3.63, 3.8) is 0 Å². The van der Waals surface area contributed by atoms with Crippen molar-refractivity contribution in [3.05, 3.63) is 24.3 Å². The van der Waals surface area contributed by atoms with E-state index in [0.717, 1.165) is 0 Å². The predicted molar refractivity (Wildman–Crippen MR) is 55.7 cm³/mol. The van der Waals surface area contributed by atoms with Crippen molar-refractivity contribution in [2.24, 2.45) is 11.3 Å². The molecule has 0 atom stereocenters. The molecule has 1 N–H and O–H groups in total. The van der Waals surface area contributed by atoms with Gasteiger partial charge in [0.05, 0.1) is 0 Å². The molecule has 0 saturated heterocycles. The third-order valence-corrected chi connectivity index (χ3v) is 1.50. The van der Waals surface area contributed by atoms with Crippen molar-refractivity contribution < 1.29 is 0 Å². The molecule has 0 aromatic carbocycles. The molecule has 0 amide bonds. The van der Waals surface area contributed by atoms with E-state index in [1.165, 1.54) is 6.21 Å². The Kier molecular flexibility index (Phi) is 4.57. The molecule has 0 aliphatic carbocycles. The molecule has 0 fully saturated rings. The molecule has 68 valence electrons. The minimum atomic E-state index is -0.110. The fraction of sp³-hybridized carbons (Fsp3) is 0.545. The summed E-state index contributed by atoms with van der Waals surface area (Å²) in [4.78, 5) is 0. The second-order valence-corrected chi connectivity index (χ2v) is 3.95. The standard InChI is InChI=1S/C11H19N/c1-10(2)7-5-6-8-11(3,4)9-12/h5-10,12H,1-4H3/b7-5-,8-6-,12-9?. The quantitative estimate of drug-likeness (QED) is 0.487. The van der Waals surface area contributed by atoms with Crippen molar-refractivity contribution >= 4 is 6.21 Å². The zero-order chi connectivity index (χ0) is 9.61. The van der Waals surface area contributed by atoms with Gasteiger partial charge >= 0.3 is 0 Å². The first-order valence-electron chi connectivity index (χ1n) is 4.35. The minimum absolute atomic E-state index is 0.110. The van der Waals surface area contributed by atoms with Gasteiger partial charge in [-0.15, -0.1) is 0 Å². The molecule has 1 heteroatoms. The van der Waals surface area contributed by atoms with Gasteiger partial charge < -0.3 is 5.41 Å². The van der Waals surface area contributed by atoms with Gasteiger partial charge in [0, 0.05) is 11.6 Å². The highest BCUT2D eigenvalue weighted by Crippen LogP contribution is 2.12. The Balaban J connectivity index is 3.99. The van der Waals surface area contributed by atoms with Crippen molar-refractivity contribution in [2.75, 3.05) is 0 Å². The van der Waals surface area contributed by atoms with Crippen LogP contribution >= 0.6 is 0 Å². The maximum absolute atomic E-state index is 7.13. The number of hydrogen-bond acceptors (Lipinski definition) is 1. The SMILES string of the molecule is CC(C)/C=C\C=C/C(C)(C)C=N. The average molecular weight is 165 g/mol. The zero-order valence-corrected chi connectivity index (χ0v) is 8.46. The van der Waals surface area contributed by atoms with Crippen LogP contribution in [0.3, 0.4) is 0 Å². The maximum atomic E-state index is 7.13. The number of allylic oxidation sites excluding steroid dienone is 4. The Hall–Kier alpha value is -0.850. The summed E-state index contributed by atoms with van der Waals surface area (Å²) in [5.41, 5.74) is -0.110. The molecule has 0 aromatic rings. The summed E-state index contributed by atoms with van der Waals surface area (Å²) in [6.07, 6.45) is 9.66. The lowest BCUT2D eigenvalue weighted by atomic mass is 9.95. The van der Waals surface area contributed by atoms with Gasteiger partial charge in [-0.05, 0) is 5.92 Å². The van der Waals surface area contributed by atoms with Crippen molar-refractivity contribution in [1.82, 2.24) is 0 Å². The fourth-order valence-corrected chi connectivity index (χ4v) is 0.638. The van der Waals surface area contributed by atoms with E-state index in [4.69, 9.17) is 5.41 Å². The highest BCUT2D eigenvalue weighted by atomic mass is 14.4. The van der Waals surface area contributed by atoms with E-state index in [2.05, 4.69) is 19.9 Å². The van der Waals surface area contributed by atoms with E-state index in [-0.39, 0.29) is 5.41 Å². The van der Waals surface area contributed by atoms with Gasteiger partial charge in [0.15, 0.2) is 0 Å². The van der Waals surface area contributed by atoms with Gasteiger partial charge in [-0.2, -0.15) is 0 Å². The third kappa shape index (κ3) is 5.90. The Morgan fingerprint density at radius 2 is 1.75 bits per heavy atom. The van der Waals surface area contributed by atoms with E-state index in [9.17, 15) is 0 Å². The molecule has 0 bridgehead atoms. The fourth-order valence-electron chi connectivity index (χ4n) is 0.638. The lowest BCUT2D eigenvalue weighted by Crippen LogP contribution is -2.07. The number of hydrogen-bond donors (Lipinski definition) is 1. The summed E-state index contributed by atoms with van der Waals surface area (Å²) >= 11 is 0. The first-order valence-corrected chi connectivity index (χ1v) is 4.35. The lowest BCUT2D eigenvalue weighted by Gasteiger charge is -2.10. The van der Waals surface area contributed by atoms with Gasteiger partial charge in [-0.25, -0.2) is 0 Å². The Morgan fingerprint density at radius 3 is 2.17 bits per heavy atom. The van der Waals surface area contributed by atoms with E-state index < -0.39 is 0 Å². The number of rotatable bonds is 4. The second-order valence-electron chi connectivity index (χ2n) is 3.95. The largest absolute Gasteiger partial charge is 0.312 e. The van der Waals surface area contributed by atoms with Gasteiger partial charge in [0.1, 0.15) is 0 Å². The molecule has 12 heavy (non-hydrogen) atoms. The van der Waals surface area contributed by atoms with Gasteiger partial charge in [0.25, 0.3) is 0 Å². The van der Waals surface area contributed by atoms with E-state index in [1.54, 1.807) is 0 Å². The van der Waals surface area contributed by atoms with Crippen molar-refractivity contribution in [3.8, 4) is 0 Å². The van der Waals surface area contributed by atoms with Gasteiger partial charge in [0.2, 0.25) is 0 Å². The van der Waals surface area contributed by atoms with Gasteiger partial charge in [-0.1, -0.05) is 52.0 Å². The predicted octanol–water partition coefficient (Wildman–Crippen LogP) is 3.43. The lowest BCUT2D eigenvalue weighted by molar-refractivity contribution is 0.690. The molecule has 1 nitrogen and oxygen atoms in total. The second kappa shape index (κ2) is 4.91. The van der Waals surface area contributed by atoms with E-state index in [1.807, 2.05) is 32.1 Å². The molecule has 0 aliphatic rings. The van der Waals surface area contributed by atoms with E-state index >= 15 is 0 Å². The first-order chi connectivity index (χ1) is 5.48. The summed E-state index contributed by atoms with van der Waals surface area (Å²) in [5.74, 6) is 0.595. The monoisotopic (exact) mass is 165 g/mol. The molecule has 0 saturated carbocycles. The highest BCUT2D eigenvalue weighted by Gasteiger charge is 2.06. The average Bonchev–Trinajstić information content (AvgIpc) is 1.98. The van der Waals surface area contributed by atoms with Crippen molar-refractivity contribution in [2.45, 2.75) is 27.7 Å². The summed E-state index contributed by atoms with van der Waals surface area (Å²) in [6, 6.07) is 0. The normalized spacial score (nSPS) is 13.4. The molecule has 0 rings (SSSR count). The molecular weight excluding hydrogens is 146 g/mol. The molecule has 0 spiro atoms.